The molecule has 0 radical (unpaired) electrons. The molecule has 1 aromatic carbocycles. The minimum Gasteiger partial charge on any atom is -0.475 e. The van der Waals surface area contributed by atoms with Gasteiger partial charge in [-0.25, -0.2) is 4.79 Å². The number of fused-ring (bicyclic) bond motifs is 1. The first-order valence-electron chi connectivity index (χ1n) is 9.12. The van der Waals surface area contributed by atoms with E-state index in [1.165, 1.54) is 11.8 Å². The van der Waals surface area contributed by atoms with E-state index >= 15 is 0 Å². The predicted molar refractivity (Wildman–Crippen MR) is 102 cm³/mol. The van der Waals surface area contributed by atoms with Crippen molar-refractivity contribution in [3.05, 3.63) is 42.0 Å². The van der Waals surface area contributed by atoms with Crippen molar-refractivity contribution in [2.24, 2.45) is 5.73 Å². The van der Waals surface area contributed by atoms with Crippen molar-refractivity contribution in [1.82, 2.24) is 5.32 Å². The molecule has 32 heavy (non-hydrogen) atoms. The highest BCUT2D eigenvalue weighted by atomic mass is 19.4. The van der Waals surface area contributed by atoms with Crippen LogP contribution in [0.4, 0.5) is 32.0 Å². The molecule has 7 nitrogen and oxygen atoms in total. The Hall–Kier alpha value is -3.09. The second kappa shape index (κ2) is 11.0. The fourth-order valence-corrected chi connectivity index (χ4v) is 2.59. The van der Waals surface area contributed by atoms with E-state index in [0.717, 1.165) is 23.4 Å². The fraction of sp³-hybridized carbons (Fsp3) is 0.421. The Morgan fingerprint density at radius 1 is 1.19 bits per heavy atom. The van der Waals surface area contributed by atoms with Crippen LogP contribution in [0.1, 0.15) is 18.9 Å². The third-order valence-electron chi connectivity index (χ3n) is 4.06. The van der Waals surface area contributed by atoms with Crippen molar-refractivity contribution in [2.75, 3.05) is 11.4 Å². The van der Waals surface area contributed by atoms with Crippen LogP contribution in [-0.2, 0) is 20.8 Å². The van der Waals surface area contributed by atoms with E-state index in [9.17, 15) is 35.9 Å². The number of para-hydroxylation sites is 1. The number of anilines is 1. The zero-order valence-electron chi connectivity index (χ0n) is 16.7. The monoisotopic (exact) mass is 469 g/mol. The van der Waals surface area contributed by atoms with Gasteiger partial charge in [0.25, 0.3) is 5.91 Å². The molecule has 1 aliphatic rings. The molecule has 0 aliphatic carbocycles. The van der Waals surface area contributed by atoms with Gasteiger partial charge in [0, 0.05) is 18.3 Å². The Morgan fingerprint density at radius 2 is 1.75 bits per heavy atom. The zero-order chi connectivity index (χ0) is 24.7. The standard InChI is InChI=1S/C17H20F3N3O2.C2HF3O2/c1-11(21)16(25)22-13(10-17(18,19)20)6-7-15(24)23-9-8-12-4-2-3-5-14(12)23;3-2(4,5)1(6)7/h2-7,11,13H,8-10,21H2,1H3,(H,22,25);(H,6,7)/b7-6+;/t11-,13?;/m0./s1. The second-order valence-electron chi connectivity index (χ2n) is 6.75. The van der Waals surface area contributed by atoms with Gasteiger partial charge in [0.2, 0.25) is 5.91 Å². The average molecular weight is 469 g/mol. The maximum Gasteiger partial charge on any atom is 0.490 e. The molecule has 0 spiro atoms. The number of hydrogen-bond donors (Lipinski definition) is 3. The highest BCUT2D eigenvalue weighted by Gasteiger charge is 2.38. The van der Waals surface area contributed by atoms with E-state index in [0.29, 0.717) is 13.0 Å². The van der Waals surface area contributed by atoms with E-state index < -0.39 is 48.6 Å². The molecule has 4 N–H and O–H groups in total. The minimum atomic E-state index is -5.08. The number of aliphatic carboxylic acids is 1. The summed E-state index contributed by atoms with van der Waals surface area (Å²) in [5, 5.41) is 9.32. The molecule has 1 unspecified atom stereocenters. The molecule has 2 amide bonds. The first kappa shape index (κ1) is 26.9. The summed E-state index contributed by atoms with van der Waals surface area (Å²) in [4.78, 5) is 34.3. The van der Waals surface area contributed by atoms with Crippen molar-refractivity contribution in [3.8, 4) is 0 Å². The maximum atomic E-state index is 12.7. The summed E-state index contributed by atoms with van der Waals surface area (Å²) >= 11 is 0. The quantitative estimate of drug-likeness (QED) is 0.453. The molecule has 1 aliphatic heterocycles. The second-order valence-corrected chi connectivity index (χ2v) is 6.75. The summed E-state index contributed by atoms with van der Waals surface area (Å²) < 4.78 is 69.7. The lowest BCUT2D eigenvalue weighted by Crippen LogP contribution is -2.44. The number of nitrogens with zero attached hydrogens (tertiary/aromatic N) is 1. The van der Waals surface area contributed by atoms with Crippen molar-refractivity contribution in [2.45, 2.75) is 44.2 Å². The Kier molecular flexibility index (Phi) is 9.24. The Bertz CT molecular complexity index is 852. The van der Waals surface area contributed by atoms with Crippen LogP contribution in [0.15, 0.2) is 36.4 Å². The van der Waals surface area contributed by atoms with Gasteiger partial charge in [-0.05, 0) is 25.0 Å². The lowest BCUT2D eigenvalue weighted by Gasteiger charge is -2.19. The lowest BCUT2D eigenvalue weighted by molar-refractivity contribution is -0.192. The SMILES string of the molecule is C[C@H](N)C(=O)NC(/C=C/C(=O)N1CCc2ccccc21)CC(F)(F)F.O=C(O)C(F)(F)F. The number of carbonyl (C=O) groups is 3. The summed E-state index contributed by atoms with van der Waals surface area (Å²) in [6.45, 7) is 1.84. The number of halogens is 6. The van der Waals surface area contributed by atoms with Crippen LogP contribution in [0.5, 0.6) is 0 Å². The largest absolute Gasteiger partial charge is 0.490 e. The molecule has 178 valence electrons. The number of carbonyl (C=O) groups excluding carboxylic acids is 2. The summed E-state index contributed by atoms with van der Waals surface area (Å²) in [5.74, 6) is -3.89. The molecule has 0 aromatic heterocycles. The van der Waals surface area contributed by atoms with Gasteiger partial charge in [0.1, 0.15) is 0 Å². The maximum absolute atomic E-state index is 12.7. The predicted octanol–water partition coefficient (Wildman–Crippen LogP) is 2.55. The van der Waals surface area contributed by atoms with Gasteiger partial charge in [-0.3, -0.25) is 9.59 Å². The fourth-order valence-electron chi connectivity index (χ4n) is 2.59. The van der Waals surface area contributed by atoms with Gasteiger partial charge < -0.3 is 21.1 Å². The topological polar surface area (TPSA) is 113 Å². The minimum absolute atomic E-state index is 0.424. The molecule has 2 atom stereocenters. The van der Waals surface area contributed by atoms with Gasteiger partial charge in [-0.2, -0.15) is 26.3 Å². The molecule has 2 rings (SSSR count). The van der Waals surface area contributed by atoms with Crippen LogP contribution >= 0.6 is 0 Å². The average Bonchev–Trinajstić information content (AvgIpc) is 3.08. The molecule has 1 heterocycles. The molecular formula is C19H21F6N3O4. The summed E-state index contributed by atoms with van der Waals surface area (Å²) in [7, 11) is 0. The number of hydrogen-bond acceptors (Lipinski definition) is 4. The van der Waals surface area contributed by atoms with Crippen molar-refractivity contribution < 1.29 is 45.8 Å². The highest BCUT2D eigenvalue weighted by molar-refractivity contribution is 6.03. The van der Waals surface area contributed by atoms with Gasteiger partial charge >= 0.3 is 18.3 Å². The summed E-state index contributed by atoms with van der Waals surface area (Å²) in [5.41, 5.74) is 7.13. The van der Waals surface area contributed by atoms with Crippen LogP contribution in [0.25, 0.3) is 0 Å². The number of alkyl halides is 6. The summed E-state index contributed by atoms with van der Waals surface area (Å²) in [6.07, 6.45) is -8.00. The molecule has 0 saturated carbocycles. The first-order chi connectivity index (χ1) is 14.6. The van der Waals surface area contributed by atoms with Crippen molar-refractivity contribution in [3.63, 3.8) is 0 Å². The number of rotatable bonds is 5. The number of nitrogens with two attached hydrogens (primary N) is 1. The smallest absolute Gasteiger partial charge is 0.475 e. The zero-order valence-corrected chi connectivity index (χ0v) is 16.7. The number of amides is 2. The normalized spacial score (nSPS) is 15.4. The van der Waals surface area contributed by atoms with E-state index in [4.69, 9.17) is 15.6 Å². The molecule has 0 saturated heterocycles. The molecule has 1 aromatic rings. The van der Waals surface area contributed by atoms with Crippen LogP contribution in [0.2, 0.25) is 0 Å². The van der Waals surface area contributed by atoms with Crippen molar-refractivity contribution in [1.29, 1.82) is 0 Å². The van der Waals surface area contributed by atoms with Gasteiger partial charge in [0.15, 0.2) is 0 Å². The van der Waals surface area contributed by atoms with E-state index in [1.54, 1.807) is 12.1 Å². The Balaban J connectivity index is 0.000000633. The van der Waals surface area contributed by atoms with Crippen molar-refractivity contribution >= 4 is 23.5 Å². The van der Waals surface area contributed by atoms with Crippen LogP contribution in [-0.4, -0.2) is 53.9 Å². The Morgan fingerprint density at radius 3 is 2.25 bits per heavy atom. The number of carboxylic acids is 1. The number of benzene rings is 1. The molecule has 13 heteroatoms. The number of nitrogens with one attached hydrogen (secondary N) is 1. The van der Waals surface area contributed by atoms with E-state index in [1.807, 2.05) is 12.1 Å². The third-order valence-corrected chi connectivity index (χ3v) is 4.06. The Labute approximate surface area is 178 Å². The van der Waals surface area contributed by atoms with Crippen LogP contribution in [0, 0.1) is 0 Å². The highest BCUT2D eigenvalue weighted by Crippen LogP contribution is 2.28. The number of carboxylic acid groups (broad SMARTS) is 1. The molecule has 0 bridgehead atoms. The van der Waals surface area contributed by atoms with E-state index in [-0.39, 0.29) is 0 Å². The van der Waals surface area contributed by atoms with Crippen LogP contribution in [0.3, 0.4) is 0 Å². The molecular weight excluding hydrogens is 448 g/mol. The van der Waals surface area contributed by atoms with Crippen LogP contribution < -0.4 is 16.0 Å². The summed E-state index contributed by atoms with van der Waals surface area (Å²) in [6, 6.07) is 5.07. The van der Waals surface area contributed by atoms with Gasteiger partial charge in [0.05, 0.1) is 18.5 Å². The lowest BCUT2D eigenvalue weighted by atomic mass is 10.1. The van der Waals surface area contributed by atoms with Gasteiger partial charge in [-0.1, -0.05) is 24.3 Å². The molecule has 0 fully saturated rings. The first-order valence-corrected chi connectivity index (χ1v) is 9.12. The van der Waals surface area contributed by atoms with E-state index in [2.05, 4.69) is 5.32 Å². The third kappa shape index (κ3) is 8.96. The van der Waals surface area contributed by atoms with Gasteiger partial charge in [-0.15, -0.1) is 0 Å².